The zero-order chi connectivity index (χ0) is 11.2. The molecule has 0 saturated heterocycles. The van der Waals surface area contributed by atoms with Crippen molar-refractivity contribution >= 4 is 11.3 Å². The molecule has 3 heteroatoms. The molecule has 2 rings (SSSR count). The Morgan fingerprint density at radius 1 is 1.06 bits per heavy atom. The number of rotatable bonds is 5. The predicted molar refractivity (Wildman–Crippen MR) is 66.9 cm³/mol. The Balaban J connectivity index is 1.70. The topological polar surface area (TPSA) is 33.1 Å². The van der Waals surface area contributed by atoms with E-state index in [4.69, 9.17) is 5.11 Å². The van der Waals surface area contributed by atoms with Gasteiger partial charge < -0.3 is 5.11 Å². The highest BCUT2D eigenvalue weighted by Crippen LogP contribution is 2.13. The molecule has 2 nitrogen and oxygen atoms in total. The first-order chi connectivity index (χ1) is 7.84. The molecular weight excluding hydrogens is 218 g/mol. The number of hydrogen-bond donors (Lipinski definition) is 1. The van der Waals surface area contributed by atoms with Gasteiger partial charge in [-0.15, -0.1) is 11.3 Å². The average Bonchev–Trinajstić information content (AvgIpc) is 2.80. The predicted octanol–water partition coefficient (Wildman–Crippen LogP) is 3.41. The lowest BCUT2D eigenvalue weighted by atomic mass is 10.1. The summed E-state index contributed by atoms with van der Waals surface area (Å²) in [5, 5.41) is 12.4. The van der Waals surface area contributed by atoms with E-state index >= 15 is 0 Å². The summed E-state index contributed by atoms with van der Waals surface area (Å²) in [6.07, 6.45) is 6.36. The molecule has 0 radical (unpaired) electrons. The second-order valence-electron chi connectivity index (χ2n) is 3.80. The Morgan fingerprint density at radius 3 is 2.50 bits per heavy atom. The maximum absolute atomic E-state index is 9.15. The first kappa shape index (κ1) is 11.1. The second-order valence-corrected chi connectivity index (χ2v) is 4.78. The molecule has 1 N–H and O–H groups in total. The highest BCUT2D eigenvalue weighted by atomic mass is 32.1. The van der Waals surface area contributed by atoms with Gasteiger partial charge in [0.25, 0.3) is 0 Å². The van der Waals surface area contributed by atoms with Crippen LogP contribution < -0.4 is 0 Å². The first-order valence-corrected chi connectivity index (χ1v) is 6.39. The summed E-state index contributed by atoms with van der Waals surface area (Å²) in [6.45, 7) is 0. The largest absolute Gasteiger partial charge is 0.508 e. The van der Waals surface area contributed by atoms with Crippen LogP contribution in [0, 0.1) is 0 Å². The Morgan fingerprint density at radius 2 is 1.81 bits per heavy atom. The van der Waals surface area contributed by atoms with Crippen molar-refractivity contribution in [1.82, 2.24) is 4.98 Å². The van der Waals surface area contributed by atoms with Crippen molar-refractivity contribution in [3.63, 3.8) is 0 Å². The molecule has 0 atom stereocenters. The van der Waals surface area contributed by atoms with Gasteiger partial charge in [0.2, 0.25) is 0 Å². The van der Waals surface area contributed by atoms with Gasteiger partial charge in [-0.05, 0) is 43.4 Å². The number of hydrogen-bond acceptors (Lipinski definition) is 3. The Bertz CT molecular complexity index is 408. The minimum absolute atomic E-state index is 0.339. The number of benzene rings is 1. The van der Waals surface area contributed by atoms with Gasteiger partial charge in [-0.1, -0.05) is 12.1 Å². The van der Waals surface area contributed by atoms with Crippen molar-refractivity contribution in [1.29, 1.82) is 0 Å². The van der Waals surface area contributed by atoms with E-state index in [0.29, 0.717) is 5.75 Å². The van der Waals surface area contributed by atoms with Gasteiger partial charge in [0.05, 0.1) is 5.01 Å². The Kier molecular flexibility index (Phi) is 3.94. The van der Waals surface area contributed by atoms with E-state index in [1.54, 1.807) is 23.5 Å². The standard InChI is InChI=1S/C13H15NOS/c15-12-7-5-11(6-8-12)3-1-2-4-13-14-9-10-16-13/h5-10,15H,1-4H2. The van der Waals surface area contributed by atoms with Crippen LogP contribution in [0.1, 0.15) is 23.4 Å². The van der Waals surface area contributed by atoms with E-state index in [-0.39, 0.29) is 0 Å². The molecule has 16 heavy (non-hydrogen) atoms. The number of aromatic nitrogens is 1. The van der Waals surface area contributed by atoms with Crippen LogP contribution in [0.15, 0.2) is 35.8 Å². The van der Waals surface area contributed by atoms with Crippen LogP contribution in [0.5, 0.6) is 5.75 Å². The lowest BCUT2D eigenvalue weighted by Crippen LogP contribution is -1.88. The molecule has 1 aromatic heterocycles. The number of nitrogens with zero attached hydrogens (tertiary/aromatic N) is 1. The SMILES string of the molecule is Oc1ccc(CCCCc2nccs2)cc1. The zero-order valence-corrected chi connectivity index (χ0v) is 9.91. The number of aromatic hydroxyl groups is 1. The summed E-state index contributed by atoms with van der Waals surface area (Å²) < 4.78 is 0. The normalized spacial score (nSPS) is 10.5. The van der Waals surface area contributed by atoms with Gasteiger partial charge in [0, 0.05) is 11.6 Å². The highest BCUT2D eigenvalue weighted by Gasteiger charge is 1.97. The van der Waals surface area contributed by atoms with E-state index in [1.165, 1.54) is 23.4 Å². The van der Waals surface area contributed by atoms with Crippen molar-refractivity contribution < 1.29 is 5.11 Å². The van der Waals surface area contributed by atoms with Crippen molar-refractivity contribution in [2.75, 3.05) is 0 Å². The molecule has 0 amide bonds. The second kappa shape index (κ2) is 5.66. The van der Waals surface area contributed by atoms with E-state index in [0.717, 1.165) is 12.8 Å². The fourth-order valence-corrected chi connectivity index (χ4v) is 2.31. The quantitative estimate of drug-likeness (QED) is 0.803. The maximum Gasteiger partial charge on any atom is 0.115 e. The summed E-state index contributed by atoms with van der Waals surface area (Å²) in [7, 11) is 0. The number of thiazole rings is 1. The van der Waals surface area contributed by atoms with E-state index < -0.39 is 0 Å². The van der Waals surface area contributed by atoms with Crippen LogP contribution in [0.4, 0.5) is 0 Å². The molecule has 84 valence electrons. The lowest BCUT2D eigenvalue weighted by molar-refractivity contribution is 0.475. The van der Waals surface area contributed by atoms with Gasteiger partial charge in [-0.3, -0.25) is 0 Å². The fourth-order valence-electron chi connectivity index (χ4n) is 1.64. The van der Waals surface area contributed by atoms with E-state index in [2.05, 4.69) is 4.98 Å². The third kappa shape index (κ3) is 3.35. The van der Waals surface area contributed by atoms with Crippen molar-refractivity contribution in [2.45, 2.75) is 25.7 Å². The summed E-state index contributed by atoms with van der Waals surface area (Å²) in [5.74, 6) is 0.339. The molecule has 0 bridgehead atoms. The summed E-state index contributed by atoms with van der Waals surface area (Å²) in [4.78, 5) is 4.26. The molecule has 0 aliphatic rings. The summed E-state index contributed by atoms with van der Waals surface area (Å²) in [6, 6.07) is 7.46. The van der Waals surface area contributed by atoms with Crippen LogP contribution in [0.3, 0.4) is 0 Å². The monoisotopic (exact) mass is 233 g/mol. The van der Waals surface area contributed by atoms with Crippen molar-refractivity contribution in [3.8, 4) is 5.75 Å². The first-order valence-electron chi connectivity index (χ1n) is 5.51. The Labute approximate surface area is 99.6 Å². The van der Waals surface area contributed by atoms with Crippen LogP contribution in [0.2, 0.25) is 0 Å². The fraction of sp³-hybridized carbons (Fsp3) is 0.308. The molecule has 0 unspecified atom stereocenters. The van der Waals surface area contributed by atoms with Crippen LogP contribution >= 0.6 is 11.3 Å². The highest BCUT2D eigenvalue weighted by molar-refractivity contribution is 7.09. The minimum Gasteiger partial charge on any atom is -0.508 e. The maximum atomic E-state index is 9.15. The minimum atomic E-state index is 0.339. The molecule has 1 aromatic carbocycles. The van der Waals surface area contributed by atoms with Gasteiger partial charge >= 0.3 is 0 Å². The third-order valence-corrected chi connectivity index (χ3v) is 3.37. The summed E-state index contributed by atoms with van der Waals surface area (Å²) in [5.41, 5.74) is 1.29. The van der Waals surface area contributed by atoms with Crippen LogP contribution in [0.25, 0.3) is 0 Å². The molecule has 0 aliphatic heterocycles. The average molecular weight is 233 g/mol. The van der Waals surface area contributed by atoms with Crippen molar-refractivity contribution in [3.05, 3.63) is 46.4 Å². The van der Waals surface area contributed by atoms with E-state index in [9.17, 15) is 0 Å². The van der Waals surface area contributed by atoms with Crippen LogP contribution in [-0.2, 0) is 12.8 Å². The number of unbranched alkanes of at least 4 members (excludes halogenated alkanes) is 1. The molecule has 1 heterocycles. The van der Waals surface area contributed by atoms with Gasteiger partial charge in [-0.25, -0.2) is 4.98 Å². The van der Waals surface area contributed by atoms with Gasteiger partial charge in [0.15, 0.2) is 0 Å². The zero-order valence-electron chi connectivity index (χ0n) is 9.10. The number of phenols is 1. The lowest BCUT2D eigenvalue weighted by Gasteiger charge is -2.01. The van der Waals surface area contributed by atoms with Crippen molar-refractivity contribution in [2.24, 2.45) is 0 Å². The Hall–Kier alpha value is -1.35. The van der Waals surface area contributed by atoms with Crippen LogP contribution in [-0.4, -0.2) is 10.1 Å². The third-order valence-electron chi connectivity index (χ3n) is 2.53. The summed E-state index contributed by atoms with van der Waals surface area (Å²) >= 11 is 1.73. The number of phenolic OH excluding ortho intramolecular Hbond substituents is 1. The van der Waals surface area contributed by atoms with Gasteiger partial charge in [0.1, 0.15) is 5.75 Å². The molecular formula is C13H15NOS. The smallest absolute Gasteiger partial charge is 0.115 e. The van der Waals surface area contributed by atoms with Gasteiger partial charge in [-0.2, -0.15) is 0 Å². The molecule has 0 spiro atoms. The molecule has 2 aromatic rings. The molecule has 0 aliphatic carbocycles. The molecule has 0 fully saturated rings. The van der Waals surface area contributed by atoms with E-state index in [1.807, 2.05) is 23.7 Å². The number of aryl methyl sites for hydroxylation is 2. The molecule has 0 saturated carbocycles.